The van der Waals surface area contributed by atoms with E-state index in [0.717, 1.165) is 63.6 Å². The highest BCUT2D eigenvalue weighted by Gasteiger charge is 2.41. The first-order chi connectivity index (χ1) is 57.9. The van der Waals surface area contributed by atoms with Crippen LogP contribution in [0.4, 0.5) is 20.0 Å². The highest BCUT2D eigenvalue weighted by Crippen LogP contribution is 2.47. The highest BCUT2D eigenvalue weighted by molar-refractivity contribution is 9.09. The molecular formula is C86H77BrCl5N7O18S4. The van der Waals surface area contributed by atoms with Crippen LogP contribution in [-0.2, 0) is 118 Å². The van der Waals surface area contributed by atoms with Crippen molar-refractivity contribution in [3.8, 4) is 6.07 Å². The predicted octanol–water partition coefficient (Wildman–Crippen LogP) is 15.4. The van der Waals surface area contributed by atoms with Crippen LogP contribution < -0.4 is 27.4 Å². The Morgan fingerprint density at radius 3 is 1.21 bits per heavy atom. The van der Waals surface area contributed by atoms with Gasteiger partial charge in [-0.15, -0.1) is 45.3 Å². The van der Waals surface area contributed by atoms with Gasteiger partial charge in [0.05, 0.1) is 117 Å². The molecule has 1 saturated carbocycles. The molecule has 6 aliphatic rings. The van der Waals surface area contributed by atoms with Crippen LogP contribution in [0.15, 0.2) is 126 Å². The van der Waals surface area contributed by atoms with Crippen LogP contribution in [0.5, 0.6) is 0 Å². The summed E-state index contributed by atoms with van der Waals surface area (Å²) in [6.45, 7) is -0.101. The largest absolute Gasteiger partial charge is 0.469 e. The van der Waals surface area contributed by atoms with Crippen molar-refractivity contribution in [1.29, 1.82) is 5.26 Å². The number of alkyl halides is 1. The van der Waals surface area contributed by atoms with Gasteiger partial charge in [0.2, 0.25) is 17.7 Å². The lowest BCUT2D eigenvalue weighted by atomic mass is 9.98. The van der Waals surface area contributed by atoms with Gasteiger partial charge in [0, 0.05) is 90.8 Å². The maximum absolute atomic E-state index is 13.1. The average Bonchev–Trinajstić information content (AvgIpc) is 1.62. The summed E-state index contributed by atoms with van der Waals surface area (Å²) in [4.78, 5) is 163. The Labute approximate surface area is 744 Å². The molecule has 15 rings (SSSR count). The predicted molar refractivity (Wildman–Crippen MR) is 469 cm³/mol. The summed E-state index contributed by atoms with van der Waals surface area (Å²) in [5.74, 6) is -3.70. The molecule has 1 fully saturated rings. The molecule has 5 unspecified atom stereocenters. The van der Waals surface area contributed by atoms with Crippen molar-refractivity contribution in [3.63, 3.8) is 0 Å². The monoisotopic (exact) mass is 1880 g/mol. The van der Waals surface area contributed by atoms with Gasteiger partial charge in [-0.25, -0.2) is 0 Å². The van der Waals surface area contributed by atoms with Gasteiger partial charge < -0.3 is 51.1 Å². The molecule has 7 N–H and O–H groups in total. The lowest BCUT2D eigenvalue weighted by molar-refractivity contribution is -0.146. The minimum absolute atomic E-state index is 0.0779. The van der Waals surface area contributed by atoms with Crippen molar-refractivity contribution in [2.24, 2.45) is 40.3 Å². The van der Waals surface area contributed by atoms with Crippen LogP contribution in [0.1, 0.15) is 137 Å². The Morgan fingerprint density at radius 2 is 0.835 bits per heavy atom. The molecule has 0 bridgehead atoms. The second-order valence-electron chi connectivity index (χ2n) is 27.8. The number of fused-ring (bicyclic) bond motifs is 6. The second kappa shape index (κ2) is 43.1. The topological polar surface area (TPSA) is 392 Å². The number of nitrogens with two attached hydrogens (primary N) is 2. The van der Waals surface area contributed by atoms with E-state index >= 15 is 0 Å². The van der Waals surface area contributed by atoms with Crippen molar-refractivity contribution in [1.82, 2.24) is 0 Å². The van der Waals surface area contributed by atoms with Crippen LogP contribution in [-0.4, -0.2) is 136 Å². The van der Waals surface area contributed by atoms with Crippen LogP contribution >= 0.6 is 119 Å². The number of Topliss-reactive ketones (excluding diaryl/α,β-unsaturated/α-hetero) is 2. The zero-order chi connectivity index (χ0) is 87.6. The summed E-state index contributed by atoms with van der Waals surface area (Å²) in [6, 6.07) is 35.6. The number of thiophene rings is 4. The first-order valence-electron chi connectivity index (χ1n) is 37.2. The molecule has 0 saturated heterocycles. The van der Waals surface area contributed by atoms with E-state index in [1.807, 2.05) is 24.3 Å². The summed E-state index contributed by atoms with van der Waals surface area (Å²) >= 11 is 37.9. The lowest BCUT2D eigenvalue weighted by Gasteiger charge is -2.10. The summed E-state index contributed by atoms with van der Waals surface area (Å²) < 4.78 is 23.8. The molecule has 5 aromatic carbocycles. The molecule has 35 heteroatoms. The summed E-state index contributed by atoms with van der Waals surface area (Å²) in [7, 11) is 6.85. The van der Waals surface area contributed by atoms with Gasteiger partial charge in [-0.05, 0) is 189 Å². The third-order valence-electron chi connectivity index (χ3n) is 20.0. The number of carbonyl (C=O) groups excluding carboxylic acids is 13. The number of nitrogens with zero attached hydrogens (tertiary/aromatic N) is 2. The number of benzene rings is 5. The average molecular weight is 1880 g/mol. The van der Waals surface area contributed by atoms with Crippen molar-refractivity contribution < 1.29 is 86.0 Å². The van der Waals surface area contributed by atoms with Gasteiger partial charge in [-0.1, -0.05) is 86.1 Å². The quantitative estimate of drug-likeness (QED) is 0.0230. The molecule has 5 heterocycles. The van der Waals surface area contributed by atoms with E-state index in [0.29, 0.717) is 150 Å². The van der Waals surface area contributed by atoms with Crippen LogP contribution in [0.2, 0.25) is 25.1 Å². The molecule has 5 atom stereocenters. The maximum atomic E-state index is 13.1. The van der Waals surface area contributed by atoms with E-state index in [2.05, 4.69) is 41.6 Å². The molecule has 3 amide bonds. The van der Waals surface area contributed by atoms with E-state index in [4.69, 9.17) is 93.7 Å². The number of amides is 3. The van der Waals surface area contributed by atoms with Gasteiger partial charge in [-0.3, -0.25) is 67.3 Å². The van der Waals surface area contributed by atoms with Crippen LogP contribution in [0.25, 0.3) is 0 Å². The number of nitrogens with one attached hydrogen (secondary N) is 3. The number of esters is 5. The second-order valence-corrected chi connectivity index (χ2v) is 35.0. The number of carbonyl (C=O) groups is 13. The third kappa shape index (κ3) is 23.2. The number of hydrogen-bond acceptors (Lipinski definition) is 26. The normalized spacial score (nSPS) is 16.4. The SMILES string of the molecule is COC(=O)C1CCC(=O)C1.COC(=O)C1Cc2sc(N)c(C(=O)c3ccc(Cl)cc3)c2C1.COC(=O)C1Cc2sc(NC(=O)CBr)c(C(=O)c3ccc(Cl)cc3)c2C1.COC(=O)C1Cc2sc(NC(=O)CN)c(C(=O)c3ccc(Cl)cc3)c2C1.COC(=O)C1Cc2sc3c(c2C1)C(c1ccc(Cl)cc1)=NCC(=O)N3.N#CCC(=O)c1ccc(Cl)cc1. The number of hydrogen-bond donors (Lipinski definition) is 5. The molecule has 4 aromatic heterocycles. The molecule has 9 aromatic rings. The Hall–Kier alpha value is -10.1. The number of rotatable bonds is 18. The Bertz CT molecular complexity index is 5420. The minimum Gasteiger partial charge on any atom is -0.469 e. The number of anilines is 4. The van der Waals surface area contributed by atoms with Gasteiger partial charge in [-0.2, -0.15) is 5.26 Å². The number of nitriles is 1. The van der Waals surface area contributed by atoms with Crippen molar-refractivity contribution in [3.05, 3.63) is 238 Å². The van der Waals surface area contributed by atoms with Gasteiger partial charge >= 0.3 is 29.8 Å². The zero-order valence-electron chi connectivity index (χ0n) is 65.3. The first kappa shape index (κ1) is 93.1. The zero-order valence-corrected chi connectivity index (χ0v) is 74.0. The van der Waals surface area contributed by atoms with Gasteiger partial charge in [0.1, 0.15) is 27.3 Å². The molecule has 1 aliphatic heterocycles. The summed E-state index contributed by atoms with van der Waals surface area (Å²) in [5, 5.41) is 22.0. The number of halogens is 6. The molecule has 121 heavy (non-hydrogen) atoms. The number of nitrogen functional groups attached to an aromatic ring is 1. The fourth-order valence-corrected chi connectivity index (χ4v) is 20.1. The first-order valence-corrected chi connectivity index (χ1v) is 43.5. The molecule has 630 valence electrons. The third-order valence-corrected chi connectivity index (χ3v) is 26.4. The Morgan fingerprint density at radius 1 is 0.479 bits per heavy atom. The fourth-order valence-electron chi connectivity index (χ4n) is 14.1. The fraction of sp³-hybridized carbons (Fsp3) is 0.291. The Balaban J connectivity index is 0.000000156. The summed E-state index contributed by atoms with van der Waals surface area (Å²) in [5.41, 5.74) is 21.0. The van der Waals surface area contributed by atoms with E-state index < -0.39 is 0 Å². The van der Waals surface area contributed by atoms with E-state index in [1.165, 1.54) is 80.9 Å². The number of ketones is 5. The van der Waals surface area contributed by atoms with Crippen molar-refractivity contribution in [2.45, 2.75) is 77.0 Å². The van der Waals surface area contributed by atoms with Crippen molar-refractivity contribution in [2.75, 3.05) is 75.7 Å². The summed E-state index contributed by atoms with van der Waals surface area (Å²) in [6.07, 6.45) is 5.70. The number of ether oxygens (including phenoxy) is 5. The van der Waals surface area contributed by atoms with Gasteiger partial charge in [0.25, 0.3) is 0 Å². The highest BCUT2D eigenvalue weighted by atomic mass is 79.9. The minimum atomic E-state index is -0.375. The molecule has 0 radical (unpaired) electrons. The Kier molecular flexibility index (Phi) is 33.2. The van der Waals surface area contributed by atoms with E-state index in [-0.39, 0.29) is 131 Å². The number of methoxy groups -OCH3 is 5. The molecule has 25 nitrogen and oxygen atoms in total. The van der Waals surface area contributed by atoms with E-state index in [1.54, 1.807) is 103 Å². The smallest absolute Gasteiger partial charge is 0.309 e. The van der Waals surface area contributed by atoms with Crippen molar-refractivity contribution >= 4 is 221 Å². The lowest BCUT2D eigenvalue weighted by Crippen LogP contribution is -2.23. The maximum Gasteiger partial charge on any atom is 0.309 e. The van der Waals surface area contributed by atoms with Crippen LogP contribution in [0, 0.1) is 40.9 Å². The molecule has 5 aliphatic carbocycles. The molecule has 0 spiro atoms. The van der Waals surface area contributed by atoms with Gasteiger partial charge in [0.15, 0.2) is 23.1 Å². The molecular weight excluding hydrogens is 1800 g/mol. The number of aliphatic imine (C=N–C) groups is 1. The van der Waals surface area contributed by atoms with Crippen LogP contribution in [0.3, 0.4) is 0 Å². The van der Waals surface area contributed by atoms with E-state index in [9.17, 15) is 62.3 Å². The standard InChI is InChI=1S/C18H15BrClNO4S.C18H17ClN2O4S.C18H15ClN2O3S.C16H14ClNO3S.C9H6ClNO.C7H10O3/c1-25-18(24)10-6-12-13(7-10)26-17(21-14(22)8-19)15(12)16(23)9-2-4-11(20)5-3-9;1-25-18(24)10-6-12-13(7-10)26-17(21-14(22)8-20)15(12)16(23)9-2-4-11(19)5-3-9;1-24-18(23)10-6-12-13(7-10)25-17-15(12)16(20-8-14(22)21-17)9-2-4-11(19)5-3-9;1-21-16(20)9-6-11-12(7-9)22-15(18)13(11)14(19)8-2-4-10(17)5-3-8;10-8-3-1-7(2-4-8)9(12)5-6-11;1-10-7(9)5-2-3-6(8)4-5/h2-5,10H,6-8H2,1H3,(H,21,22);2-5,10H,6-8,20H2,1H3,(H,21,22);2-5,10H,6-8H2,1H3,(H,21,22);2-5,9H,6-7,18H2,1H3;1-4H,5H2;5H,2-4H2,1H3.